The number of anilines is 1. The zero-order chi connectivity index (χ0) is 8.13. The Balaban J connectivity index is 2.24. The largest absolute Gasteiger partial charge is 0.355 e. The van der Waals surface area contributed by atoms with E-state index in [1.807, 2.05) is 0 Å². The SMILES string of the molecule is Brc1nn2c3c1CCCN3CC2. The van der Waals surface area contributed by atoms with Gasteiger partial charge in [-0.3, -0.25) is 0 Å². The van der Waals surface area contributed by atoms with Crippen molar-refractivity contribution in [2.45, 2.75) is 19.4 Å². The second-order valence-corrected chi connectivity index (χ2v) is 4.16. The first-order valence-electron chi connectivity index (χ1n) is 4.36. The molecule has 0 spiro atoms. The Morgan fingerprint density at radius 2 is 2.17 bits per heavy atom. The third-order valence-electron chi connectivity index (χ3n) is 2.71. The molecule has 0 saturated carbocycles. The van der Waals surface area contributed by atoms with Crippen LogP contribution in [0.25, 0.3) is 0 Å². The summed E-state index contributed by atoms with van der Waals surface area (Å²) in [4.78, 5) is 2.44. The van der Waals surface area contributed by atoms with Crippen molar-refractivity contribution in [1.29, 1.82) is 0 Å². The van der Waals surface area contributed by atoms with Crippen molar-refractivity contribution < 1.29 is 0 Å². The van der Waals surface area contributed by atoms with Gasteiger partial charge in [-0.25, -0.2) is 4.68 Å². The Bertz CT molecular complexity index is 331. The van der Waals surface area contributed by atoms with Crippen molar-refractivity contribution in [3.8, 4) is 0 Å². The van der Waals surface area contributed by atoms with Gasteiger partial charge in [0, 0.05) is 18.7 Å². The van der Waals surface area contributed by atoms with E-state index in [0.29, 0.717) is 0 Å². The highest BCUT2D eigenvalue weighted by Crippen LogP contribution is 2.35. The number of hydrogen-bond donors (Lipinski definition) is 0. The van der Waals surface area contributed by atoms with Crippen LogP contribution in [0.4, 0.5) is 5.82 Å². The zero-order valence-electron chi connectivity index (χ0n) is 6.76. The number of aromatic nitrogens is 2. The molecular weight excluding hydrogens is 218 g/mol. The second kappa shape index (κ2) is 2.25. The standard InChI is InChI=1S/C8H10BrN3/c9-7-6-2-1-3-11-4-5-12(10-7)8(6)11/h1-5H2. The molecule has 0 aliphatic carbocycles. The smallest absolute Gasteiger partial charge is 0.133 e. The Labute approximate surface area is 79.5 Å². The zero-order valence-corrected chi connectivity index (χ0v) is 8.34. The normalized spacial score (nSPS) is 19.9. The fourth-order valence-electron chi connectivity index (χ4n) is 2.17. The van der Waals surface area contributed by atoms with Crippen molar-refractivity contribution in [3.63, 3.8) is 0 Å². The highest BCUT2D eigenvalue weighted by molar-refractivity contribution is 9.10. The van der Waals surface area contributed by atoms with Gasteiger partial charge in [0.15, 0.2) is 0 Å². The van der Waals surface area contributed by atoms with Gasteiger partial charge >= 0.3 is 0 Å². The van der Waals surface area contributed by atoms with Crippen LogP contribution in [-0.4, -0.2) is 22.9 Å². The van der Waals surface area contributed by atoms with Crippen molar-refractivity contribution in [1.82, 2.24) is 9.78 Å². The van der Waals surface area contributed by atoms with E-state index in [2.05, 4.69) is 30.6 Å². The summed E-state index contributed by atoms with van der Waals surface area (Å²) in [5.74, 6) is 1.37. The average Bonchev–Trinajstić information content (AvgIpc) is 2.61. The van der Waals surface area contributed by atoms with E-state index in [1.165, 1.54) is 30.8 Å². The molecule has 0 aromatic carbocycles. The minimum Gasteiger partial charge on any atom is -0.355 e. The third kappa shape index (κ3) is 0.736. The lowest BCUT2D eigenvalue weighted by molar-refractivity contribution is 0.669. The molecule has 1 aromatic rings. The minimum atomic E-state index is 1.06. The molecule has 0 fully saturated rings. The van der Waals surface area contributed by atoms with Gasteiger partial charge in [0.1, 0.15) is 10.4 Å². The number of halogens is 1. The van der Waals surface area contributed by atoms with E-state index < -0.39 is 0 Å². The van der Waals surface area contributed by atoms with Crippen molar-refractivity contribution in [3.05, 3.63) is 10.2 Å². The predicted molar refractivity (Wildman–Crippen MR) is 50.5 cm³/mol. The molecule has 0 unspecified atom stereocenters. The molecule has 4 heteroatoms. The maximum Gasteiger partial charge on any atom is 0.133 e. The summed E-state index contributed by atoms with van der Waals surface area (Å²) in [7, 11) is 0. The Hall–Kier alpha value is -0.510. The maximum atomic E-state index is 4.44. The summed E-state index contributed by atoms with van der Waals surface area (Å²) in [5.41, 5.74) is 1.42. The third-order valence-corrected chi connectivity index (χ3v) is 3.35. The summed E-state index contributed by atoms with van der Waals surface area (Å²) < 4.78 is 3.18. The quantitative estimate of drug-likeness (QED) is 0.669. The molecule has 3 nitrogen and oxygen atoms in total. The van der Waals surface area contributed by atoms with E-state index in [0.717, 1.165) is 17.7 Å². The number of rotatable bonds is 0. The predicted octanol–water partition coefficient (Wildman–Crippen LogP) is 1.41. The van der Waals surface area contributed by atoms with E-state index in [-0.39, 0.29) is 0 Å². The molecule has 0 radical (unpaired) electrons. The van der Waals surface area contributed by atoms with E-state index >= 15 is 0 Å². The molecule has 3 rings (SSSR count). The molecule has 2 aliphatic heterocycles. The van der Waals surface area contributed by atoms with E-state index in [9.17, 15) is 0 Å². The summed E-state index contributed by atoms with van der Waals surface area (Å²) in [5, 5.41) is 4.44. The second-order valence-electron chi connectivity index (χ2n) is 3.41. The first-order valence-corrected chi connectivity index (χ1v) is 5.16. The van der Waals surface area contributed by atoms with E-state index in [4.69, 9.17) is 0 Å². The fourth-order valence-corrected chi connectivity index (χ4v) is 2.74. The number of hydrogen-bond acceptors (Lipinski definition) is 2. The molecule has 12 heavy (non-hydrogen) atoms. The lowest BCUT2D eigenvalue weighted by Crippen LogP contribution is -2.26. The van der Waals surface area contributed by atoms with Crippen LogP contribution in [0.15, 0.2) is 4.60 Å². The maximum absolute atomic E-state index is 4.44. The summed E-state index contributed by atoms with van der Waals surface area (Å²) in [6.07, 6.45) is 2.46. The van der Waals surface area contributed by atoms with Crippen LogP contribution in [0.1, 0.15) is 12.0 Å². The van der Waals surface area contributed by atoms with Crippen molar-refractivity contribution >= 4 is 21.7 Å². The van der Waals surface area contributed by atoms with Crippen LogP contribution in [-0.2, 0) is 13.0 Å². The van der Waals surface area contributed by atoms with Gasteiger partial charge in [0.25, 0.3) is 0 Å². The highest BCUT2D eigenvalue weighted by Gasteiger charge is 2.29. The monoisotopic (exact) mass is 227 g/mol. The number of nitrogens with zero attached hydrogens (tertiary/aromatic N) is 3. The molecule has 0 N–H and O–H groups in total. The topological polar surface area (TPSA) is 21.1 Å². The molecule has 2 aliphatic rings. The summed E-state index contributed by atoms with van der Waals surface area (Å²) >= 11 is 3.51. The van der Waals surface area contributed by atoms with E-state index in [1.54, 1.807) is 0 Å². The van der Waals surface area contributed by atoms with Gasteiger partial charge in [-0.1, -0.05) is 0 Å². The fraction of sp³-hybridized carbons (Fsp3) is 0.625. The van der Waals surface area contributed by atoms with Crippen LogP contribution >= 0.6 is 15.9 Å². The Kier molecular flexibility index (Phi) is 1.30. The van der Waals surface area contributed by atoms with Crippen LogP contribution in [0.2, 0.25) is 0 Å². The minimum absolute atomic E-state index is 1.06. The van der Waals surface area contributed by atoms with Crippen LogP contribution in [0.5, 0.6) is 0 Å². The summed E-state index contributed by atoms with van der Waals surface area (Å²) in [6, 6.07) is 0. The van der Waals surface area contributed by atoms with Crippen molar-refractivity contribution in [2.75, 3.05) is 18.0 Å². The van der Waals surface area contributed by atoms with Crippen LogP contribution < -0.4 is 4.90 Å². The average molecular weight is 228 g/mol. The Morgan fingerprint density at radius 1 is 1.25 bits per heavy atom. The van der Waals surface area contributed by atoms with Gasteiger partial charge in [0.2, 0.25) is 0 Å². The van der Waals surface area contributed by atoms with Gasteiger partial charge in [-0.15, -0.1) is 0 Å². The molecule has 0 atom stereocenters. The molecule has 3 heterocycles. The van der Waals surface area contributed by atoms with Crippen molar-refractivity contribution in [2.24, 2.45) is 0 Å². The lowest BCUT2D eigenvalue weighted by Gasteiger charge is -2.23. The van der Waals surface area contributed by atoms with Crippen LogP contribution in [0.3, 0.4) is 0 Å². The molecular formula is C8H10BrN3. The van der Waals surface area contributed by atoms with Gasteiger partial charge in [-0.05, 0) is 28.8 Å². The summed E-state index contributed by atoms with van der Waals surface area (Å²) in [6.45, 7) is 3.43. The first kappa shape index (κ1) is 6.95. The molecule has 64 valence electrons. The first-order chi connectivity index (χ1) is 5.86. The molecule has 1 aromatic heterocycles. The molecule has 0 bridgehead atoms. The van der Waals surface area contributed by atoms with Crippen LogP contribution in [0, 0.1) is 0 Å². The highest BCUT2D eigenvalue weighted by atomic mass is 79.9. The Morgan fingerprint density at radius 3 is 3.08 bits per heavy atom. The lowest BCUT2D eigenvalue weighted by atomic mass is 10.1. The molecule has 0 amide bonds. The van der Waals surface area contributed by atoms with Gasteiger partial charge < -0.3 is 4.90 Å². The van der Waals surface area contributed by atoms with Gasteiger partial charge in [-0.2, -0.15) is 5.10 Å². The molecule has 0 saturated heterocycles. The van der Waals surface area contributed by atoms with Gasteiger partial charge in [0.05, 0.1) is 6.54 Å².